The van der Waals surface area contributed by atoms with E-state index in [4.69, 9.17) is 16.3 Å². The Bertz CT molecular complexity index is 841. The van der Waals surface area contributed by atoms with Gasteiger partial charge in [-0.2, -0.15) is 16.5 Å². The average Bonchev–Trinajstić information content (AvgIpc) is 3.14. The number of rotatable bonds is 9. The molecule has 0 unspecified atom stereocenters. The predicted octanol–water partition coefficient (Wildman–Crippen LogP) is 3.45. The molecule has 6 nitrogen and oxygen atoms in total. The highest BCUT2D eigenvalue weighted by Gasteiger charge is 2.26. The van der Waals surface area contributed by atoms with E-state index < -0.39 is 22.0 Å². The summed E-state index contributed by atoms with van der Waals surface area (Å²) in [6.07, 6.45) is 2.26. The van der Waals surface area contributed by atoms with Crippen molar-refractivity contribution in [3.05, 3.63) is 40.7 Å². The van der Waals surface area contributed by atoms with Crippen LogP contribution in [0.4, 0.5) is 5.69 Å². The first-order valence-electron chi connectivity index (χ1n) is 7.56. The number of sulfonamides is 1. The van der Waals surface area contributed by atoms with E-state index in [9.17, 15) is 13.2 Å². The SMILES string of the molecule is COc1ccc(NC(=O)[C@H](CCSC)NS(=O)(=O)c2cccs2)cc1Cl. The molecular weight excluding hydrogens is 416 g/mol. The van der Waals surface area contributed by atoms with E-state index in [-0.39, 0.29) is 4.21 Å². The van der Waals surface area contributed by atoms with Gasteiger partial charge in [-0.05, 0) is 48.1 Å². The van der Waals surface area contributed by atoms with Crippen LogP contribution < -0.4 is 14.8 Å². The van der Waals surface area contributed by atoms with Crippen LogP contribution >= 0.6 is 34.7 Å². The molecule has 2 rings (SSSR count). The highest BCUT2D eigenvalue weighted by Crippen LogP contribution is 2.27. The molecule has 0 saturated heterocycles. The molecule has 0 spiro atoms. The number of nitrogens with one attached hydrogen (secondary N) is 2. The van der Waals surface area contributed by atoms with Gasteiger partial charge in [-0.3, -0.25) is 4.79 Å². The first-order valence-corrected chi connectivity index (χ1v) is 11.7. The van der Waals surface area contributed by atoms with Crippen LogP contribution in [0.25, 0.3) is 0 Å². The Kier molecular flexibility index (Phi) is 7.78. The van der Waals surface area contributed by atoms with E-state index in [1.54, 1.807) is 29.6 Å². The topological polar surface area (TPSA) is 84.5 Å². The zero-order valence-electron chi connectivity index (χ0n) is 14.2. The van der Waals surface area contributed by atoms with Gasteiger partial charge >= 0.3 is 0 Å². The third-order valence-corrected chi connectivity index (χ3v) is 7.21. The summed E-state index contributed by atoms with van der Waals surface area (Å²) in [5.41, 5.74) is 0.463. The molecule has 1 atom stereocenters. The Morgan fingerprint density at radius 1 is 1.38 bits per heavy atom. The summed E-state index contributed by atoms with van der Waals surface area (Å²) in [6, 6.07) is 7.08. The molecule has 1 amide bonds. The zero-order chi connectivity index (χ0) is 19.2. The van der Waals surface area contributed by atoms with Gasteiger partial charge in [0.1, 0.15) is 16.0 Å². The fourth-order valence-corrected chi connectivity index (χ4v) is 5.08. The number of hydrogen-bond donors (Lipinski definition) is 2. The van der Waals surface area contributed by atoms with Crippen LogP contribution in [0.1, 0.15) is 6.42 Å². The lowest BCUT2D eigenvalue weighted by atomic mass is 10.2. The summed E-state index contributed by atoms with van der Waals surface area (Å²) >= 11 is 8.69. The minimum atomic E-state index is -3.75. The van der Waals surface area contributed by atoms with Crippen molar-refractivity contribution in [3.8, 4) is 5.75 Å². The lowest BCUT2D eigenvalue weighted by Crippen LogP contribution is -2.43. The second-order valence-electron chi connectivity index (χ2n) is 5.23. The number of anilines is 1. The number of methoxy groups -OCH3 is 1. The first-order chi connectivity index (χ1) is 12.4. The van der Waals surface area contributed by atoms with Gasteiger partial charge in [-0.1, -0.05) is 17.7 Å². The number of ether oxygens (including phenoxy) is 1. The lowest BCUT2D eigenvalue weighted by Gasteiger charge is -2.18. The maximum absolute atomic E-state index is 12.6. The van der Waals surface area contributed by atoms with Gasteiger partial charge in [0.25, 0.3) is 10.0 Å². The van der Waals surface area contributed by atoms with Gasteiger partial charge in [0, 0.05) is 5.69 Å². The number of amides is 1. The summed E-state index contributed by atoms with van der Waals surface area (Å²) < 4.78 is 32.6. The Morgan fingerprint density at radius 2 is 2.15 bits per heavy atom. The number of thiophene rings is 1. The Hall–Kier alpha value is -1.26. The van der Waals surface area contributed by atoms with E-state index >= 15 is 0 Å². The molecule has 0 aliphatic rings. The number of benzene rings is 1. The monoisotopic (exact) mass is 434 g/mol. The highest BCUT2D eigenvalue weighted by molar-refractivity contribution is 7.98. The molecule has 0 aliphatic heterocycles. The normalized spacial score (nSPS) is 12.6. The fourth-order valence-electron chi connectivity index (χ4n) is 2.11. The lowest BCUT2D eigenvalue weighted by molar-refractivity contribution is -0.117. The van der Waals surface area contributed by atoms with E-state index in [1.807, 2.05) is 6.26 Å². The molecule has 10 heteroatoms. The van der Waals surface area contributed by atoms with E-state index in [1.165, 1.54) is 24.9 Å². The molecule has 0 fully saturated rings. The van der Waals surface area contributed by atoms with Gasteiger partial charge in [0.2, 0.25) is 5.91 Å². The maximum Gasteiger partial charge on any atom is 0.250 e. The third-order valence-electron chi connectivity index (χ3n) is 3.40. The third kappa shape index (κ3) is 5.62. The standard InChI is InChI=1S/C16H19ClN2O4S3/c1-23-14-6-5-11(10-12(14)17)18-16(20)13(7-9-24-2)19-26(21,22)15-4-3-8-25-15/h3-6,8,10,13,19H,7,9H2,1-2H3,(H,18,20)/t13-/m0/s1. The molecule has 0 saturated carbocycles. The van der Waals surface area contributed by atoms with Crippen LogP contribution in [0.2, 0.25) is 5.02 Å². The smallest absolute Gasteiger partial charge is 0.250 e. The van der Waals surface area contributed by atoms with E-state index in [2.05, 4.69) is 10.0 Å². The van der Waals surface area contributed by atoms with Crippen LogP contribution in [0.15, 0.2) is 39.9 Å². The van der Waals surface area contributed by atoms with Gasteiger partial charge in [0.05, 0.1) is 12.1 Å². The molecule has 0 radical (unpaired) electrons. The molecule has 142 valence electrons. The summed E-state index contributed by atoms with van der Waals surface area (Å²) in [7, 11) is -2.25. The van der Waals surface area contributed by atoms with Crippen LogP contribution in [0.3, 0.4) is 0 Å². The molecule has 2 N–H and O–H groups in total. The molecule has 0 bridgehead atoms. The maximum atomic E-state index is 12.6. The van der Waals surface area contributed by atoms with Crippen LogP contribution in [-0.4, -0.2) is 39.5 Å². The summed E-state index contributed by atoms with van der Waals surface area (Å²) in [5.74, 6) is 0.677. The van der Waals surface area contributed by atoms with E-state index in [0.717, 1.165) is 11.3 Å². The second kappa shape index (κ2) is 9.61. The molecule has 1 heterocycles. The highest BCUT2D eigenvalue weighted by atomic mass is 35.5. The second-order valence-corrected chi connectivity index (χ2v) is 9.51. The molecule has 1 aromatic heterocycles. The minimum absolute atomic E-state index is 0.173. The van der Waals surface area contributed by atoms with Crippen molar-refractivity contribution >= 4 is 56.3 Å². The summed E-state index contributed by atoms with van der Waals surface area (Å²) in [6.45, 7) is 0. The number of hydrogen-bond acceptors (Lipinski definition) is 6. The molecule has 2 aromatic rings. The van der Waals surface area contributed by atoms with Gasteiger partial charge in [0.15, 0.2) is 0 Å². The van der Waals surface area contributed by atoms with Gasteiger partial charge < -0.3 is 10.1 Å². The van der Waals surface area contributed by atoms with Crippen molar-refractivity contribution in [2.45, 2.75) is 16.7 Å². The van der Waals surface area contributed by atoms with E-state index in [0.29, 0.717) is 28.6 Å². The Labute approximate surface area is 166 Å². The fraction of sp³-hybridized carbons (Fsp3) is 0.312. The van der Waals surface area contributed by atoms with Gasteiger partial charge in [-0.25, -0.2) is 8.42 Å². The molecular formula is C16H19ClN2O4S3. The molecule has 26 heavy (non-hydrogen) atoms. The largest absolute Gasteiger partial charge is 0.495 e. The zero-order valence-corrected chi connectivity index (χ0v) is 17.4. The van der Waals surface area contributed by atoms with Crippen molar-refractivity contribution in [1.29, 1.82) is 0 Å². The van der Waals surface area contributed by atoms with Crippen LogP contribution in [0.5, 0.6) is 5.75 Å². The Balaban J connectivity index is 2.15. The summed E-state index contributed by atoms with van der Waals surface area (Å²) in [5, 5.41) is 4.72. The minimum Gasteiger partial charge on any atom is -0.495 e. The predicted molar refractivity (Wildman–Crippen MR) is 108 cm³/mol. The number of halogens is 1. The Morgan fingerprint density at radius 3 is 2.73 bits per heavy atom. The molecule has 1 aromatic carbocycles. The average molecular weight is 435 g/mol. The van der Waals surface area contributed by atoms with Crippen molar-refractivity contribution in [2.24, 2.45) is 0 Å². The number of carbonyl (C=O) groups is 1. The van der Waals surface area contributed by atoms with Crippen LogP contribution in [-0.2, 0) is 14.8 Å². The van der Waals surface area contributed by atoms with Crippen molar-refractivity contribution < 1.29 is 17.9 Å². The molecule has 0 aliphatic carbocycles. The first kappa shape index (κ1) is 21.0. The summed E-state index contributed by atoms with van der Waals surface area (Å²) in [4.78, 5) is 12.6. The number of thioether (sulfide) groups is 1. The quantitative estimate of drug-likeness (QED) is 0.631. The van der Waals surface area contributed by atoms with Crippen molar-refractivity contribution in [2.75, 3.05) is 24.4 Å². The van der Waals surface area contributed by atoms with Crippen molar-refractivity contribution in [1.82, 2.24) is 4.72 Å². The number of carbonyl (C=O) groups excluding carboxylic acids is 1. The van der Waals surface area contributed by atoms with Crippen molar-refractivity contribution in [3.63, 3.8) is 0 Å². The van der Waals surface area contributed by atoms with Crippen LogP contribution in [0, 0.1) is 0 Å². The van der Waals surface area contributed by atoms with Gasteiger partial charge in [-0.15, -0.1) is 11.3 Å².